The number of ether oxygens (including phenoxy) is 3. The predicted octanol–water partition coefficient (Wildman–Crippen LogP) is -1.26. The molecule has 1 aromatic carbocycles. The Kier molecular flexibility index (Phi) is 5.16. The Labute approximate surface area is 130 Å². The highest BCUT2D eigenvalue weighted by Gasteiger charge is 2.48. The van der Waals surface area contributed by atoms with Crippen LogP contribution in [-0.4, -0.2) is 70.2 Å². The summed E-state index contributed by atoms with van der Waals surface area (Å²) >= 11 is 0. The number of methoxy groups -OCH3 is 1. The number of esters is 1. The highest BCUT2D eigenvalue weighted by atomic mass is 16.7. The molecule has 0 unspecified atom stereocenters. The molecule has 9 heteroatoms. The van der Waals surface area contributed by atoms with E-state index in [0.29, 0.717) is 0 Å². The van der Waals surface area contributed by atoms with Gasteiger partial charge in [0.15, 0.2) is 6.10 Å². The Balaban J connectivity index is 2.17. The lowest BCUT2D eigenvalue weighted by molar-refractivity contribution is -0.278. The smallest absolute Gasteiger partial charge is 0.344 e. The fourth-order valence-corrected chi connectivity index (χ4v) is 2.13. The monoisotopic (exact) mass is 328 g/mol. The van der Waals surface area contributed by atoms with Crippen molar-refractivity contribution in [3.05, 3.63) is 29.8 Å². The van der Waals surface area contributed by atoms with Gasteiger partial charge in [0.05, 0.1) is 7.11 Å². The van der Waals surface area contributed by atoms with Crippen LogP contribution in [0.15, 0.2) is 24.3 Å². The lowest BCUT2D eigenvalue weighted by atomic mass is 9.99. The van der Waals surface area contributed by atoms with E-state index in [0.717, 1.165) is 0 Å². The van der Waals surface area contributed by atoms with Crippen molar-refractivity contribution in [2.75, 3.05) is 7.11 Å². The van der Waals surface area contributed by atoms with E-state index in [-0.39, 0.29) is 11.3 Å². The fraction of sp³-hybridized carbons (Fsp3) is 0.429. The van der Waals surface area contributed by atoms with Crippen molar-refractivity contribution in [2.24, 2.45) is 0 Å². The normalized spacial score (nSPS) is 30.5. The number of hydrogen-bond acceptors (Lipinski definition) is 8. The predicted molar refractivity (Wildman–Crippen MR) is 72.7 cm³/mol. The molecule has 0 amide bonds. The summed E-state index contributed by atoms with van der Waals surface area (Å²) in [6.45, 7) is 0. The standard InChI is InChI=1S/C14H16O9/c1-21-7-5-3-2-4-6(7)13(20)23-14-10(17)8(15)9(16)11(22-14)12(18)19/h2-5,8-11,14-17H,1H3,(H,18,19)/t8-,9-,10+,11-,14-/m0/s1. The number of aliphatic carboxylic acids is 1. The van der Waals surface area contributed by atoms with Crippen LogP contribution in [0.4, 0.5) is 0 Å². The van der Waals surface area contributed by atoms with Crippen LogP contribution in [0.1, 0.15) is 10.4 Å². The van der Waals surface area contributed by atoms with Crippen LogP contribution in [0.2, 0.25) is 0 Å². The lowest BCUT2D eigenvalue weighted by Crippen LogP contribution is -2.60. The number of aliphatic hydroxyl groups excluding tert-OH is 3. The molecule has 126 valence electrons. The molecule has 23 heavy (non-hydrogen) atoms. The summed E-state index contributed by atoms with van der Waals surface area (Å²) in [6, 6.07) is 6.09. The highest BCUT2D eigenvalue weighted by molar-refractivity contribution is 5.92. The van der Waals surface area contributed by atoms with E-state index in [2.05, 4.69) is 0 Å². The van der Waals surface area contributed by atoms with Crippen LogP contribution >= 0.6 is 0 Å². The summed E-state index contributed by atoms with van der Waals surface area (Å²) in [7, 11) is 1.35. The summed E-state index contributed by atoms with van der Waals surface area (Å²) in [5.41, 5.74) is 0.0262. The van der Waals surface area contributed by atoms with Gasteiger partial charge in [0, 0.05) is 0 Å². The number of carboxylic acid groups (broad SMARTS) is 1. The first-order valence-corrected chi connectivity index (χ1v) is 6.63. The Hall–Kier alpha value is -2.20. The largest absolute Gasteiger partial charge is 0.496 e. The molecule has 5 atom stereocenters. The quantitative estimate of drug-likeness (QED) is 0.498. The molecule has 0 bridgehead atoms. The van der Waals surface area contributed by atoms with Gasteiger partial charge in [-0.2, -0.15) is 0 Å². The average molecular weight is 328 g/mol. The summed E-state index contributed by atoms with van der Waals surface area (Å²) in [5, 5.41) is 37.9. The molecule has 0 saturated carbocycles. The van der Waals surface area contributed by atoms with Gasteiger partial charge in [-0.05, 0) is 12.1 Å². The zero-order valence-corrected chi connectivity index (χ0v) is 12.0. The average Bonchev–Trinajstić information content (AvgIpc) is 2.54. The molecule has 1 heterocycles. The molecule has 1 aliphatic rings. The van der Waals surface area contributed by atoms with E-state index in [4.69, 9.17) is 19.3 Å². The number of benzene rings is 1. The van der Waals surface area contributed by atoms with Gasteiger partial charge in [-0.25, -0.2) is 9.59 Å². The van der Waals surface area contributed by atoms with Crippen molar-refractivity contribution in [2.45, 2.75) is 30.7 Å². The summed E-state index contributed by atoms with van der Waals surface area (Å²) in [6.07, 6.45) is -9.11. The van der Waals surface area contributed by atoms with Gasteiger partial charge in [0.1, 0.15) is 29.6 Å². The maximum absolute atomic E-state index is 12.1. The first-order chi connectivity index (χ1) is 10.9. The van der Waals surface area contributed by atoms with Crippen molar-refractivity contribution in [3.8, 4) is 5.75 Å². The van der Waals surface area contributed by atoms with Crippen molar-refractivity contribution >= 4 is 11.9 Å². The zero-order valence-electron chi connectivity index (χ0n) is 12.0. The van der Waals surface area contributed by atoms with Gasteiger partial charge in [0.25, 0.3) is 0 Å². The number of hydrogen-bond donors (Lipinski definition) is 4. The third-order valence-electron chi connectivity index (χ3n) is 3.36. The molecule has 1 aliphatic heterocycles. The van der Waals surface area contributed by atoms with Crippen molar-refractivity contribution < 1.29 is 44.2 Å². The molecule has 0 radical (unpaired) electrons. The van der Waals surface area contributed by atoms with Gasteiger partial charge in [-0.15, -0.1) is 0 Å². The molecule has 0 aliphatic carbocycles. The molecule has 1 fully saturated rings. The molecule has 0 aromatic heterocycles. The number of para-hydroxylation sites is 1. The Morgan fingerprint density at radius 3 is 2.35 bits per heavy atom. The van der Waals surface area contributed by atoms with E-state index in [1.54, 1.807) is 12.1 Å². The third kappa shape index (κ3) is 3.42. The van der Waals surface area contributed by atoms with E-state index < -0.39 is 42.6 Å². The van der Waals surface area contributed by atoms with E-state index in [9.17, 15) is 24.9 Å². The minimum absolute atomic E-state index is 0.0262. The second kappa shape index (κ2) is 6.92. The molecular formula is C14H16O9. The molecule has 1 aromatic rings. The summed E-state index contributed by atoms with van der Waals surface area (Å²) in [5.74, 6) is -2.31. The van der Waals surface area contributed by atoms with Crippen molar-refractivity contribution in [1.82, 2.24) is 0 Å². The lowest BCUT2D eigenvalue weighted by Gasteiger charge is -2.37. The Bertz CT molecular complexity index is 587. The molecule has 9 nitrogen and oxygen atoms in total. The minimum atomic E-state index is -1.86. The van der Waals surface area contributed by atoms with Crippen molar-refractivity contribution in [1.29, 1.82) is 0 Å². The number of carbonyl (C=O) groups excluding carboxylic acids is 1. The maximum Gasteiger partial charge on any atom is 0.344 e. The Morgan fingerprint density at radius 2 is 1.74 bits per heavy atom. The van der Waals surface area contributed by atoms with Crippen LogP contribution < -0.4 is 4.74 Å². The second-order valence-corrected chi connectivity index (χ2v) is 4.84. The van der Waals surface area contributed by atoms with Gasteiger partial charge >= 0.3 is 11.9 Å². The highest BCUT2D eigenvalue weighted by Crippen LogP contribution is 2.25. The topological polar surface area (TPSA) is 143 Å². The van der Waals surface area contributed by atoms with Crippen LogP contribution in [0, 0.1) is 0 Å². The summed E-state index contributed by atoms with van der Waals surface area (Å²) < 4.78 is 14.8. The van der Waals surface area contributed by atoms with E-state index >= 15 is 0 Å². The number of carbonyl (C=O) groups is 2. The van der Waals surface area contributed by atoms with Crippen LogP contribution in [0.5, 0.6) is 5.75 Å². The minimum Gasteiger partial charge on any atom is -0.496 e. The van der Waals surface area contributed by atoms with E-state index in [1.807, 2.05) is 0 Å². The molecule has 0 spiro atoms. The number of carboxylic acids is 1. The molecule has 1 saturated heterocycles. The second-order valence-electron chi connectivity index (χ2n) is 4.84. The van der Waals surface area contributed by atoms with Gasteiger partial charge in [-0.3, -0.25) is 0 Å². The fourth-order valence-electron chi connectivity index (χ4n) is 2.13. The van der Waals surface area contributed by atoms with Crippen LogP contribution in [0.25, 0.3) is 0 Å². The SMILES string of the molecule is COc1ccccc1C(=O)O[C@@H]1O[C@H](C(=O)O)[C@@H](O)[C@H](O)[C@H]1O. The van der Waals surface area contributed by atoms with Crippen LogP contribution in [0.3, 0.4) is 0 Å². The first kappa shape index (κ1) is 17.2. The van der Waals surface area contributed by atoms with Crippen LogP contribution in [-0.2, 0) is 14.3 Å². The summed E-state index contributed by atoms with van der Waals surface area (Å²) in [4.78, 5) is 23.1. The van der Waals surface area contributed by atoms with Gasteiger partial charge < -0.3 is 34.6 Å². The number of aliphatic hydroxyl groups is 3. The van der Waals surface area contributed by atoms with Gasteiger partial charge in [-0.1, -0.05) is 12.1 Å². The molecule has 2 rings (SSSR count). The third-order valence-corrected chi connectivity index (χ3v) is 3.36. The molecule has 4 N–H and O–H groups in total. The number of rotatable bonds is 4. The van der Waals surface area contributed by atoms with Gasteiger partial charge in [0.2, 0.25) is 6.29 Å². The molecular weight excluding hydrogens is 312 g/mol. The van der Waals surface area contributed by atoms with Crippen molar-refractivity contribution in [3.63, 3.8) is 0 Å². The zero-order chi connectivity index (χ0) is 17.1. The maximum atomic E-state index is 12.1. The Morgan fingerprint density at radius 1 is 1.09 bits per heavy atom. The van der Waals surface area contributed by atoms with E-state index in [1.165, 1.54) is 19.2 Å². The first-order valence-electron chi connectivity index (χ1n) is 6.63.